The van der Waals surface area contributed by atoms with Crippen LogP contribution in [0, 0.1) is 11.3 Å². The smallest absolute Gasteiger partial charge is 0.248 e. The Kier molecular flexibility index (Phi) is 7.88. The number of amides is 1. The number of rotatable bonds is 9. The summed E-state index contributed by atoms with van der Waals surface area (Å²) >= 11 is 0. The first-order valence-electron chi connectivity index (χ1n) is 10.0. The van der Waals surface area contributed by atoms with Gasteiger partial charge in [-0.25, -0.2) is 0 Å². The number of methoxy groups -OCH3 is 2. The standard InChI is InChI=1S/C26H24N2O4/c1-30-23-12-10-22(18-21(23)16-19-6-4-3-5-7-19)28-26(29)13-9-20-8-11-24(32-15-14-27)25(17-20)31-2/h3-13,17-18H,15-16H2,1-2H3,(H,28,29)/b13-9+. The van der Waals surface area contributed by atoms with Crippen LogP contribution in [0.25, 0.3) is 6.08 Å². The lowest BCUT2D eigenvalue weighted by molar-refractivity contribution is -0.111. The number of anilines is 1. The summed E-state index contributed by atoms with van der Waals surface area (Å²) in [6.45, 7) is -0.0674. The highest BCUT2D eigenvalue weighted by molar-refractivity contribution is 6.02. The van der Waals surface area contributed by atoms with Crippen LogP contribution in [0.5, 0.6) is 17.2 Å². The Balaban J connectivity index is 1.70. The molecule has 162 valence electrons. The van der Waals surface area contributed by atoms with Gasteiger partial charge in [0.25, 0.3) is 0 Å². The van der Waals surface area contributed by atoms with E-state index in [1.165, 1.54) is 13.2 Å². The van der Waals surface area contributed by atoms with Gasteiger partial charge in [-0.3, -0.25) is 4.79 Å². The second-order valence-corrected chi connectivity index (χ2v) is 6.87. The first-order valence-corrected chi connectivity index (χ1v) is 10.0. The maximum atomic E-state index is 12.5. The third-order valence-corrected chi connectivity index (χ3v) is 4.69. The molecule has 0 fully saturated rings. The fourth-order valence-electron chi connectivity index (χ4n) is 3.18. The molecule has 0 heterocycles. The summed E-state index contributed by atoms with van der Waals surface area (Å²) in [5, 5.41) is 11.5. The number of hydrogen-bond acceptors (Lipinski definition) is 5. The Hall–Kier alpha value is -4.24. The number of benzene rings is 3. The Morgan fingerprint density at radius 1 is 0.969 bits per heavy atom. The van der Waals surface area contributed by atoms with E-state index in [1.807, 2.05) is 42.5 Å². The van der Waals surface area contributed by atoms with Gasteiger partial charge in [0.1, 0.15) is 11.8 Å². The zero-order valence-electron chi connectivity index (χ0n) is 18.0. The molecule has 32 heavy (non-hydrogen) atoms. The van der Waals surface area contributed by atoms with Crippen molar-refractivity contribution in [3.63, 3.8) is 0 Å². The second kappa shape index (κ2) is 11.2. The molecule has 0 aliphatic heterocycles. The average molecular weight is 428 g/mol. The molecule has 6 heteroatoms. The highest BCUT2D eigenvalue weighted by Gasteiger charge is 2.08. The van der Waals surface area contributed by atoms with Crippen molar-refractivity contribution in [1.29, 1.82) is 5.26 Å². The van der Waals surface area contributed by atoms with Crippen molar-refractivity contribution < 1.29 is 19.0 Å². The molecule has 1 N–H and O–H groups in total. The van der Waals surface area contributed by atoms with Crippen LogP contribution in [0.1, 0.15) is 16.7 Å². The maximum absolute atomic E-state index is 12.5. The van der Waals surface area contributed by atoms with Gasteiger partial charge >= 0.3 is 0 Å². The summed E-state index contributed by atoms with van der Waals surface area (Å²) in [6.07, 6.45) is 3.83. The molecule has 0 unspecified atom stereocenters. The predicted octanol–water partition coefficient (Wildman–Crippen LogP) is 4.85. The molecule has 0 radical (unpaired) electrons. The normalized spacial score (nSPS) is 10.4. The minimum atomic E-state index is -0.260. The van der Waals surface area contributed by atoms with E-state index in [1.54, 1.807) is 31.4 Å². The maximum Gasteiger partial charge on any atom is 0.248 e. The Morgan fingerprint density at radius 2 is 1.72 bits per heavy atom. The Morgan fingerprint density at radius 3 is 2.44 bits per heavy atom. The molecule has 3 aromatic carbocycles. The fourth-order valence-corrected chi connectivity index (χ4v) is 3.18. The fraction of sp³-hybridized carbons (Fsp3) is 0.154. The van der Waals surface area contributed by atoms with E-state index in [4.69, 9.17) is 19.5 Å². The van der Waals surface area contributed by atoms with Crippen molar-refractivity contribution in [3.8, 4) is 23.3 Å². The summed E-state index contributed by atoms with van der Waals surface area (Å²) in [4.78, 5) is 12.5. The Labute approximate surface area is 187 Å². The van der Waals surface area contributed by atoms with Gasteiger partial charge in [-0.05, 0) is 47.5 Å². The zero-order chi connectivity index (χ0) is 22.8. The highest BCUT2D eigenvalue weighted by Crippen LogP contribution is 2.29. The van der Waals surface area contributed by atoms with Crippen molar-refractivity contribution in [2.24, 2.45) is 0 Å². The first kappa shape index (κ1) is 22.4. The quantitative estimate of drug-likeness (QED) is 0.493. The minimum Gasteiger partial charge on any atom is -0.496 e. The van der Waals surface area contributed by atoms with Gasteiger partial charge in [-0.15, -0.1) is 0 Å². The van der Waals surface area contributed by atoms with Crippen LogP contribution in [0.3, 0.4) is 0 Å². The van der Waals surface area contributed by atoms with Gasteiger partial charge in [0.15, 0.2) is 18.1 Å². The SMILES string of the molecule is COc1ccc(NC(=O)/C=C/c2ccc(OCC#N)c(OC)c2)cc1Cc1ccccc1. The molecule has 0 aromatic heterocycles. The first-order chi connectivity index (χ1) is 15.6. The average Bonchev–Trinajstić information content (AvgIpc) is 2.82. The van der Waals surface area contributed by atoms with Crippen molar-refractivity contribution in [2.45, 2.75) is 6.42 Å². The molecule has 0 aliphatic carbocycles. The van der Waals surface area contributed by atoms with E-state index in [2.05, 4.69) is 17.4 Å². The largest absolute Gasteiger partial charge is 0.496 e. The molecule has 3 rings (SSSR count). The molecular weight excluding hydrogens is 404 g/mol. The van der Waals surface area contributed by atoms with E-state index < -0.39 is 0 Å². The van der Waals surface area contributed by atoms with E-state index in [9.17, 15) is 4.79 Å². The molecule has 0 bridgehead atoms. The van der Waals surface area contributed by atoms with Crippen molar-refractivity contribution >= 4 is 17.7 Å². The van der Waals surface area contributed by atoms with Crippen molar-refractivity contribution in [3.05, 3.63) is 89.5 Å². The zero-order valence-corrected chi connectivity index (χ0v) is 18.0. The van der Waals surface area contributed by atoms with Gasteiger partial charge in [-0.1, -0.05) is 36.4 Å². The molecule has 0 atom stereocenters. The lowest BCUT2D eigenvalue weighted by Crippen LogP contribution is -2.08. The third kappa shape index (κ3) is 6.13. The number of ether oxygens (including phenoxy) is 3. The van der Waals surface area contributed by atoms with Gasteiger partial charge in [0, 0.05) is 23.7 Å². The lowest BCUT2D eigenvalue weighted by Gasteiger charge is -2.11. The van der Waals surface area contributed by atoms with Gasteiger partial charge < -0.3 is 19.5 Å². The van der Waals surface area contributed by atoms with Crippen LogP contribution in [-0.2, 0) is 11.2 Å². The summed E-state index contributed by atoms with van der Waals surface area (Å²) < 4.78 is 16.1. The van der Waals surface area contributed by atoms with Crippen LogP contribution < -0.4 is 19.5 Å². The molecule has 0 spiro atoms. The topological polar surface area (TPSA) is 80.6 Å². The number of hydrogen-bond donors (Lipinski definition) is 1. The number of carbonyl (C=O) groups excluding carboxylic acids is 1. The lowest BCUT2D eigenvalue weighted by atomic mass is 10.0. The van der Waals surface area contributed by atoms with Crippen LogP contribution in [0.2, 0.25) is 0 Å². The Bertz CT molecular complexity index is 1130. The van der Waals surface area contributed by atoms with Gasteiger partial charge in [0.05, 0.1) is 14.2 Å². The number of nitriles is 1. The number of carbonyl (C=O) groups is 1. The molecule has 0 aliphatic rings. The molecular formula is C26H24N2O4. The van der Waals surface area contributed by atoms with Crippen LogP contribution >= 0.6 is 0 Å². The molecule has 0 saturated carbocycles. The summed E-state index contributed by atoms with van der Waals surface area (Å²) in [5.74, 6) is 1.47. The van der Waals surface area contributed by atoms with Crippen LogP contribution in [0.4, 0.5) is 5.69 Å². The van der Waals surface area contributed by atoms with E-state index in [0.29, 0.717) is 23.6 Å². The molecule has 3 aromatic rings. The number of nitrogens with one attached hydrogen (secondary N) is 1. The monoisotopic (exact) mass is 428 g/mol. The third-order valence-electron chi connectivity index (χ3n) is 4.69. The number of nitrogens with zero attached hydrogens (tertiary/aromatic N) is 1. The predicted molar refractivity (Wildman–Crippen MR) is 124 cm³/mol. The van der Waals surface area contributed by atoms with E-state index in [0.717, 1.165) is 22.4 Å². The van der Waals surface area contributed by atoms with Crippen molar-refractivity contribution in [1.82, 2.24) is 0 Å². The van der Waals surface area contributed by atoms with Crippen LogP contribution in [0.15, 0.2) is 72.8 Å². The second-order valence-electron chi connectivity index (χ2n) is 6.87. The molecule has 1 amide bonds. The van der Waals surface area contributed by atoms with E-state index in [-0.39, 0.29) is 12.5 Å². The molecule has 0 saturated heterocycles. The van der Waals surface area contributed by atoms with Crippen molar-refractivity contribution in [2.75, 3.05) is 26.1 Å². The van der Waals surface area contributed by atoms with Gasteiger partial charge in [-0.2, -0.15) is 5.26 Å². The summed E-state index contributed by atoms with van der Waals surface area (Å²) in [6, 6.07) is 22.8. The highest BCUT2D eigenvalue weighted by atomic mass is 16.5. The van der Waals surface area contributed by atoms with Crippen LogP contribution in [-0.4, -0.2) is 26.7 Å². The summed E-state index contributed by atoms with van der Waals surface area (Å²) in [7, 11) is 3.15. The minimum absolute atomic E-state index is 0.0674. The van der Waals surface area contributed by atoms with Gasteiger partial charge in [0.2, 0.25) is 5.91 Å². The molecule has 6 nitrogen and oxygen atoms in total. The van der Waals surface area contributed by atoms with E-state index >= 15 is 0 Å². The summed E-state index contributed by atoms with van der Waals surface area (Å²) in [5.41, 5.74) is 3.59.